The van der Waals surface area contributed by atoms with Crippen molar-refractivity contribution in [3.8, 4) is 11.5 Å². The van der Waals surface area contributed by atoms with E-state index in [1.807, 2.05) is 18.2 Å². The number of rotatable bonds is 4. The average Bonchev–Trinajstić information content (AvgIpc) is 2.86. The van der Waals surface area contributed by atoms with Gasteiger partial charge in [-0.2, -0.15) is 0 Å². The lowest BCUT2D eigenvalue weighted by Gasteiger charge is -2.10. The molecule has 0 heterocycles. The molecule has 1 aliphatic rings. The van der Waals surface area contributed by atoms with Crippen molar-refractivity contribution in [2.24, 2.45) is 5.16 Å². The van der Waals surface area contributed by atoms with Gasteiger partial charge in [0.1, 0.15) is 7.11 Å². The number of methoxy groups -OCH3 is 2. The molecule has 0 saturated heterocycles. The topological polar surface area (TPSA) is 40.0 Å². The van der Waals surface area contributed by atoms with Crippen LogP contribution in [0, 0.1) is 0 Å². The second kappa shape index (κ2) is 6.27. The maximum Gasteiger partial charge on any atom is 0.167 e. The van der Waals surface area contributed by atoms with Gasteiger partial charge in [0.05, 0.1) is 19.9 Å². The average molecular weight is 261 g/mol. The van der Waals surface area contributed by atoms with Crippen molar-refractivity contribution in [3.05, 3.63) is 29.3 Å². The van der Waals surface area contributed by atoms with E-state index >= 15 is 0 Å². The number of oxime groups is 1. The predicted octanol–water partition coefficient (Wildman–Crippen LogP) is 3.27. The zero-order chi connectivity index (χ0) is 13.7. The highest BCUT2D eigenvalue weighted by molar-refractivity contribution is 6.05. The summed E-state index contributed by atoms with van der Waals surface area (Å²) in [7, 11) is 4.87. The second-order valence-electron chi connectivity index (χ2n) is 4.33. The van der Waals surface area contributed by atoms with Crippen molar-refractivity contribution in [1.82, 2.24) is 0 Å². The summed E-state index contributed by atoms with van der Waals surface area (Å²) in [5.74, 6) is 1.49. The lowest BCUT2D eigenvalue weighted by Crippen LogP contribution is -1.96. The van der Waals surface area contributed by atoms with Crippen molar-refractivity contribution in [1.29, 1.82) is 0 Å². The van der Waals surface area contributed by atoms with Gasteiger partial charge in [-0.1, -0.05) is 17.3 Å². The fourth-order valence-electron chi connectivity index (χ4n) is 2.33. The minimum absolute atomic E-state index is 0.736. The van der Waals surface area contributed by atoms with Gasteiger partial charge in [0.2, 0.25) is 0 Å². The first-order valence-corrected chi connectivity index (χ1v) is 6.32. The summed E-state index contributed by atoms with van der Waals surface area (Å²) in [5, 5.41) is 4.08. The van der Waals surface area contributed by atoms with Gasteiger partial charge < -0.3 is 14.3 Å². The Kier molecular flexibility index (Phi) is 4.44. The molecule has 0 aliphatic heterocycles. The van der Waals surface area contributed by atoms with Crippen molar-refractivity contribution >= 4 is 11.8 Å². The molecule has 0 amide bonds. The zero-order valence-electron chi connectivity index (χ0n) is 11.6. The van der Waals surface area contributed by atoms with Crippen LogP contribution in [0.2, 0.25) is 0 Å². The third kappa shape index (κ3) is 2.89. The first kappa shape index (κ1) is 13.5. The van der Waals surface area contributed by atoms with E-state index in [9.17, 15) is 0 Å². The highest BCUT2D eigenvalue weighted by Gasteiger charge is 2.17. The lowest BCUT2D eigenvalue weighted by molar-refractivity contribution is 0.213. The zero-order valence-corrected chi connectivity index (χ0v) is 11.6. The summed E-state index contributed by atoms with van der Waals surface area (Å²) in [6.07, 6.45) is 5.20. The Labute approximate surface area is 113 Å². The first-order chi connectivity index (χ1) is 9.30. The Morgan fingerprint density at radius 3 is 2.63 bits per heavy atom. The fraction of sp³-hybridized carbons (Fsp3) is 0.400. The fourth-order valence-corrected chi connectivity index (χ4v) is 2.33. The molecule has 102 valence electrons. The third-order valence-electron chi connectivity index (χ3n) is 3.19. The molecule has 0 unspecified atom stereocenters. The van der Waals surface area contributed by atoms with Crippen LogP contribution in [-0.4, -0.2) is 27.0 Å². The Bertz CT molecular complexity index is 506. The van der Waals surface area contributed by atoms with Crippen LogP contribution in [0.15, 0.2) is 28.9 Å². The van der Waals surface area contributed by atoms with Crippen LogP contribution in [0.25, 0.3) is 6.08 Å². The van der Waals surface area contributed by atoms with Gasteiger partial charge in [-0.05, 0) is 37.0 Å². The van der Waals surface area contributed by atoms with Gasteiger partial charge in [-0.25, -0.2) is 0 Å². The summed E-state index contributed by atoms with van der Waals surface area (Å²) >= 11 is 0. The van der Waals surface area contributed by atoms with Crippen LogP contribution >= 0.6 is 0 Å². The molecule has 1 aromatic rings. The molecule has 0 bridgehead atoms. The van der Waals surface area contributed by atoms with Gasteiger partial charge in [-0.3, -0.25) is 0 Å². The quantitative estimate of drug-likeness (QED) is 0.781. The molecule has 1 saturated carbocycles. The Morgan fingerprint density at radius 2 is 1.95 bits per heavy atom. The number of ether oxygens (including phenoxy) is 2. The van der Waals surface area contributed by atoms with Gasteiger partial charge >= 0.3 is 0 Å². The van der Waals surface area contributed by atoms with Gasteiger partial charge in [0.25, 0.3) is 0 Å². The third-order valence-corrected chi connectivity index (χ3v) is 3.19. The van der Waals surface area contributed by atoms with Crippen molar-refractivity contribution in [3.63, 3.8) is 0 Å². The van der Waals surface area contributed by atoms with E-state index in [4.69, 9.17) is 14.3 Å². The predicted molar refractivity (Wildman–Crippen MR) is 75.8 cm³/mol. The molecule has 0 N–H and O–H groups in total. The van der Waals surface area contributed by atoms with Crippen molar-refractivity contribution in [2.75, 3.05) is 21.3 Å². The molecule has 0 aromatic heterocycles. The molecule has 1 aliphatic carbocycles. The van der Waals surface area contributed by atoms with Crippen LogP contribution in [-0.2, 0) is 4.84 Å². The first-order valence-electron chi connectivity index (χ1n) is 6.32. The number of hydrogen-bond acceptors (Lipinski definition) is 4. The van der Waals surface area contributed by atoms with Crippen molar-refractivity contribution < 1.29 is 14.3 Å². The van der Waals surface area contributed by atoms with Crippen molar-refractivity contribution in [2.45, 2.75) is 19.3 Å². The van der Waals surface area contributed by atoms with E-state index in [-0.39, 0.29) is 0 Å². The molecule has 1 aromatic carbocycles. The van der Waals surface area contributed by atoms with E-state index in [1.54, 1.807) is 21.3 Å². The van der Waals surface area contributed by atoms with Gasteiger partial charge in [0.15, 0.2) is 11.5 Å². The van der Waals surface area contributed by atoms with Crippen LogP contribution < -0.4 is 9.47 Å². The van der Waals surface area contributed by atoms with Crippen LogP contribution in [0.3, 0.4) is 0 Å². The summed E-state index contributed by atoms with van der Waals surface area (Å²) < 4.78 is 10.7. The summed E-state index contributed by atoms with van der Waals surface area (Å²) in [4.78, 5) is 4.89. The largest absolute Gasteiger partial charge is 0.493 e. The normalized spacial score (nSPS) is 18.9. The second-order valence-corrected chi connectivity index (χ2v) is 4.33. The number of benzene rings is 1. The molecule has 19 heavy (non-hydrogen) atoms. The maximum atomic E-state index is 5.43. The number of hydrogen-bond donors (Lipinski definition) is 0. The Morgan fingerprint density at radius 1 is 1.11 bits per heavy atom. The molecule has 4 heteroatoms. The summed E-state index contributed by atoms with van der Waals surface area (Å²) in [6, 6.07) is 5.85. The number of allylic oxidation sites excluding steroid dienone is 1. The van der Waals surface area contributed by atoms with Crippen LogP contribution in [0.4, 0.5) is 0 Å². The Balaban J connectivity index is 2.40. The summed E-state index contributed by atoms with van der Waals surface area (Å²) in [5.41, 5.74) is 3.23. The molecule has 0 atom stereocenters. The van der Waals surface area contributed by atoms with E-state index in [0.717, 1.165) is 42.0 Å². The monoisotopic (exact) mass is 261 g/mol. The van der Waals surface area contributed by atoms with Gasteiger partial charge in [0, 0.05) is 5.56 Å². The molecule has 0 spiro atoms. The molecule has 1 fully saturated rings. The van der Waals surface area contributed by atoms with E-state index in [2.05, 4.69) is 11.2 Å². The van der Waals surface area contributed by atoms with E-state index < -0.39 is 0 Å². The Hall–Kier alpha value is -1.97. The molecule has 0 radical (unpaired) electrons. The molecular formula is C15H19NO3. The van der Waals surface area contributed by atoms with Crippen LogP contribution in [0.5, 0.6) is 11.5 Å². The van der Waals surface area contributed by atoms with Gasteiger partial charge in [-0.15, -0.1) is 0 Å². The van der Waals surface area contributed by atoms with Crippen LogP contribution in [0.1, 0.15) is 24.8 Å². The maximum absolute atomic E-state index is 5.43. The molecule has 2 rings (SSSR count). The smallest absolute Gasteiger partial charge is 0.167 e. The standard InChI is InChI=1S/C15H19NO3/c1-17-14-9-5-7-12(15(14)18-2)10-11-6-4-8-13(11)16-19-3/h5,7,9-10H,4,6,8H2,1-3H3/b11-10-,16-13-. The number of para-hydroxylation sites is 1. The van der Waals surface area contributed by atoms with E-state index in [0.29, 0.717) is 0 Å². The SMILES string of the molecule is CO/N=C1/CCC/C1=C/c1cccc(OC)c1OC. The molecular weight excluding hydrogens is 242 g/mol. The lowest BCUT2D eigenvalue weighted by atomic mass is 10.1. The highest BCUT2D eigenvalue weighted by atomic mass is 16.6. The minimum Gasteiger partial charge on any atom is -0.493 e. The number of nitrogens with zero attached hydrogens (tertiary/aromatic N) is 1. The molecule has 4 nitrogen and oxygen atoms in total. The highest BCUT2D eigenvalue weighted by Crippen LogP contribution is 2.34. The van der Waals surface area contributed by atoms with E-state index in [1.165, 1.54) is 5.57 Å². The minimum atomic E-state index is 0.736. The summed E-state index contributed by atoms with van der Waals surface area (Å²) in [6.45, 7) is 0.